The van der Waals surface area contributed by atoms with Crippen molar-refractivity contribution in [3.63, 3.8) is 0 Å². The predicted octanol–water partition coefficient (Wildman–Crippen LogP) is 1.93. The van der Waals surface area contributed by atoms with E-state index < -0.39 is 5.54 Å². The SMILES string of the molecule is COCCN=C1NC(=O)C(C)(c2cccc(Cl)c2Cl)N1. The van der Waals surface area contributed by atoms with Crippen LogP contribution in [-0.2, 0) is 15.1 Å². The normalized spacial score (nSPS) is 23.8. The lowest BCUT2D eigenvalue weighted by Gasteiger charge is -2.23. The summed E-state index contributed by atoms with van der Waals surface area (Å²) in [7, 11) is 1.59. The molecule has 1 fully saturated rings. The summed E-state index contributed by atoms with van der Waals surface area (Å²) >= 11 is 12.2. The van der Waals surface area contributed by atoms with Crippen molar-refractivity contribution in [1.82, 2.24) is 10.6 Å². The molecule has 2 rings (SSSR count). The van der Waals surface area contributed by atoms with Gasteiger partial charge in [-0.3, -0.25) is 15.1 Å². The van der Waals surface area contributed by atoms with Gasteiger partial charge in [0, 0.05) is 12.7 Å². The van der Waals surface area contributed by atoms with Crippen LogP contribution in [0.4, 0.5) is 0 Å². The van der Waals surface area contributed by atoms with Crippen LogP contribution in [0.1, 0.15) is 12.5 Å². The molecule has 1 atom stereocenters. The van der Waals surface area contributed by atoms with Crippen LogP contribution in [0.3, 0.4) is 0 Å². The Morgan fingerprint density at radius 2 is 2.15 bits per heavy atom. The molecule has 5 nitrogen and oxygen atoms in total. The van der Waals surface area contributed by atoms with E-state index in [-0.39, 0.29) is 5.91 Å². The lowest BCUT2D eigenvalue weighted by Crippen LogP contribution is -2.41. The molecule has 0 bridgehead atoms. The Kier molecular flexibility index (Phi) is 4.52. The number of guanidine groups is 1. The maximum atomic E-state index is 12.2. The molecular weight excluding hydrogens is 301 g/mol. The molecule has 108 valence electrons. The number of hydrogen-bond donors (Lipinski definition) is 2. The molecule has 0 spiro atoms. The van der Waals surface area contributed by atoms with Crippen LogP contribution >= 0.6 is 23.2 Å². The van der Waals surface area contributed by atoms with Gasteiger partial charge in [0.1, 0.15) is 5.54 Å². The Labute approximate surface area is 127 Å². The van der Waals surface area contributed by atoms with Gasteiger partial charge >= 0.3 is 0 Å². The van der Waals surface area contributed by atoms with Gasteiger partial charge in [0.05, 0.1) is 23.2 Å². The average Bonchev–Trinajstić information content (AvgIpc) is 2.69. The van der Waals surface area contributed by atoms with Crippen molar-refractivity contribution in [2.45, 2.75) is 12.5 Å². The van der Waals surface area contributed by atoms with Crippen molar-refractivity contribution < 1.29 is 9.53 Å². The minimum atomic E-state index is -0.992. The Morgan fingerprint density at radius 3 is 2.85 bits per heavy atom. The quantitative estimate of drug-likeness (QED) is 0.835. The maximum absolute atomic E-state index is 12.2. The number of methoxy groups -OCH3 is 1. The van der Waals surface area contributed by atoms with Gasteiger partial charge in [0.2, 0.25) is 0 Å². The topological polar surface area (TPSA) is 62.7 Å². The number of nitrogens with one attached hydrogen (secondary N) is 2. The van der Waals surface area contributed by atoms with Crippen molar-refractivity contribution in [2.75, 3.05) is 20.3 Å². The summed E-state index contributed by atoms with van der Waals surface area (Å²) in [6.45, 7) is 2.67. The molecule has 1 aliphatic heterocycles. The maximum Gasteiger partial charge on any atom is 0.256 e. The first-order chi connectivity index (χ1) is 9.49. The minimum absolute atomic E-state index is 0.224. The van der Waals surface area contributed by atoms with E-state index in [9.17, 15) is 4.79 Å². The van der Waals surface area contributed by atoms with E-state index in [2.05, 4.69) is 15.6 Å². The summed E-state index contributed by atoms with van der Waals surface area (Å²) in [5.74, 6) is 0.184. The number of rotatable bonds is 4. The Bertz CT molecular complexity index is 563. The van der Waals surface area contributed by atoms with Crippen LogP contribution in [0.15, 0.2) is 23.2 Å². The van der Waals surface area contributed by atoms with Gasteiger partial charge in [-0.15, -0.1) is 0 Å². The lowest BCUT2D eigenvalue weighted by atomic mass is 9.92. The standard InChI is InChI=1S/C13H15Cl2N3O2/c1-13(8-4-3-5-9(14)10(8)15)11(19)17-12(18-13)16-6-7-20-2/h3-5H,6-7H2,1-2H3,(H2,16,17,18,19). The molecule has 1 heterocycles. The fourth-order valence-corrected chi connectivity index (χ4v) is 2.45. The van der Waals surface area contributed by atoms with Crippen LogP contribution < -0.4 is 10.6 Å². The molecule has 1 unspecified atom stereocenters. The van der Waals surface area contributed by atoms with E-state index in [1.807, 2.05) is 0 Å². The molecule has 1 amide bonds. The molecule has 7 heteroatoms. The number of hydrogen-bond acceptors (Lipinski definition) is 3. The van der Waals surface area contributed by atoms with Gasteiger partial charge in [-0.2, -0.15) is 0 Å². The largest absolute Gasteiger partial charge is 0.383 e. The molecule has 0 aromatic heterocycles. The molecular formula is C13H15Cl2N3O2. The summed E-state index contributed by atoms with van der Waals surface area (Å²) in [5, 5.41) is 6.51. The van der Waals surface area contributed by atoms with Crippen molar-refractivity contribution in [3.8, 4) is 0 Å². The van der Waals surface area contributed by atoms with E-state index in [1.165, 1.54) is 0 Å². The second-order valence-corrected chi connectivity index (χ2v) is 5.31. The Hall–Kier alpha value is -1.30. The fourth-order valence-electron chi connectivity index (χ4n) is 1.96. The van der Waals surface area contributed by atoms with Gasteiger partial charge < -0.3 is 10.1 Å². The molecule has 0 aliphatic carbocycles. The molecule has 0 radical (unpaired) electrons. The van der Waals surface area contributed by atoms with Crippen LogP contribution in [-0.4, -0.2) is 32.1 Å². The highest BCUT2D eigenvalue weighted by atomic mass is 35.5. The molecule has 20 heavy (non-hydrogen) atoms. The molecule has 1 aromatic carbocycles. The first-order valence-electron chi connectivity index (χ1n) is 6.06. The first-order valence-corrected chi connectivity index (χ1v) is 6.82. The summed E-state index contributed by atoms with van der Waals surface area (Å²) in [6, 6.07) is 5.19. The van der Waals surface area contributed by atoms with Gasteiger partial charge in [-0.1, -0.05) is 35.3 Å². The molecule has 2 N–H and O–H groups in total. The Morgan fingerprint density at radius 1 is 1.40 bits per heavy atom. The average molecular weight is 316 g/mol. The number of carbonyl (C=O) groups excluding carboxylic acids is 1. The molecule has 1 aliphatic rings. The Balaban J connectivity index is 2.29. The highest BCUT2D eigenvalue weighted by Gasteiger charge is 2.43. The third-order valence-electron chi connectivity index (χ3n) is 3.11. The van der Waals surface area contributed by atoms with E-state index in [4.69, 9.17) is 27.9 Å². The highest BCUT2D eigenvalue weighted by Crippen LogP contribution is 2.34. The smallest absolute Gasteiger partial charge is 0.256 e. The van der Waals surface area contributed by atoms with Gasteiger partial charge in [-0.25, -0.2) is 0 Å². The van der Waals surface area contributed by atoms with E-state index >= 15 is 0 Å². The van der Waals surface area contributed by atoms with Gasteiger partial charge in [-0.05, 0) is 13.0 Å². The van der Waals surface area contributed by atoms with Crippen LogP contribution in [0, 0.1) is 0 Å². The second-order valence-electron chi connectivity index (χ2n) is 4.53. The number of benzene rings is 1. The van der Waals surface area contributed by atoms with Crippen molar-refractivity contribution in [3.05, 3.63) is 33.8 Å². The number of halogens is 2. The molecule has 1 saturated heterocycles. The molecule has 0 saturated carbocycles. The van der Waals surface area contributed by atoms with Crippen molar-refractivity contribution >= 4 is 35.1 Å². The minimum Gasteiger partial charge on any atom is -0.383 e. The zero-order valence-electron chi connectivity index (χ0n) is 11.2. The van der Waals surface area contributed by atoms with Crippen molar-refractivity contribution in [1.29, 1.82) is 0 Å². The third kappa shape index (κ3) is 2.75. The van der Waals surface area contributed by atoms with E-state index in [0.717, 1.165) is 0 Å². The number of ether oxygens (including phenoxy) is 1. The van der Waals surface area contributed by atoms with Gasteiger partial charge in [0.25, 0.3) is 5.91 Å². The number of nitrogens with zero attached hydrogens (tertiary/aromatic N) is 1. The second kappa shape index (κ2) is 5.99. The number of carbonyl (C=O) groups is 1. The summed E-state index contributed by atoms with van der Waals surface area (Å²) in [6.07, 6.45) is 0. The van der Waals surface area contributed by atoms with Crippen LogP contribution in [0.25, 0.3) is 0 Å². The van der Waals surface area contributed by atoms with E-state index in [0.29, 0.717) is 34.7 Å². The van der Waals surface area contributed by atoms with Crippen LogP contribution in [0.2, 0.25) is 10.0 Å². The summed E-state index contributed by atoms with van der Waals surface area (Å²) in [5.41, 5.74) is -0.380. The first kappa shape index (κ1) is 15.1. The summed E-state index contributed by atoms with van der Waals surface area (Å²) < 4.78 is 4.91. The summed E-state index contributed by atoms with van der Waals surface area (Å²) in [4.78, 5) is 16.4. The third-order valence-corrected chi connectivity index (χ3v) is 3.93. The number of amides is 1. The van der Waals surface area contributed by atoms with Crippen molar-refractivity contribution in [2.24, 2.45) is 4.99 Å². The zero-order valence-corrected chi connectivity index (χ0v) is 12.7. The monoisotopic (exact) mass is 315 g/mol. The molecule has 1 aromatic rings. The lowest BCUT2D eigenvalue weighted by molar-refractivity contribution is -0.123. The fraction of sp³-hybridized carbons (Fsp3) is 0.385. The number of aliphatic imine (C=N–C) groups is 1. The van der Waals surface area contributed by atoms with Gasteiger partial charge in [0.15, 0.2) is 5.96 Å². The highest BCUT2D eigenvalue weighted by molar-refractivity contribution is 6.42. The zero-order chi connectivity index (χ0) is 14.8. The predicted molar refractivity (Wildman–Crippen MR) is 79.3 cm³/mol. The van der Waals surface area contributed by atoms with Crippen LogP contribution in [0.5, 0.6) is 0 Å². The van der Waals surface area contributed by atoms with E-state index in [1.54, 1.807) is 32.2 Å².